The average molecular weight is 423 g/mol. The third-order valence-electron chi connectivity index (χ3n) is 5.24. The molecule has 1 unspecified atom stereocenters. The number of aryl methyl sites for hydroxylation is 1. The van der Waals surface area contributed by atoms with E-state index in [-0.39, 0.29) is 12.0 Å². The molecule has 1 heterocycles. The number of hydrogen-bond donors (Lipinski definition) is 3. The predicted octanol–water partition coefficient (Wildman–Crippen LogP) is 3.28. The number of amides is 1. The molecule has 2 aromatic rings. The lowest BCUT2D eigenvalue weighted by molar-refractivity contribution is 0.0857. The summed E-state index contributed by atoms with van der Waals surface area (Å²) in [6.07, 6.45) is 4.31. The third kappa shape index (κ3) is 8.06. The number of rotatable bonds is 10. The van der Waals surface area contributed by atoms with E-state index >= 15 is 0 Å². The summed E-state index contributed by atoms with van der Waals surface area (Å²) in [5, 5.41) is 9.66. The first-order chi connectivity index (χ1) is 15.2. The fraction of sp³-hybridized carbons (Fsp3) is 0.440. The van der Waals surface area contributed by atoms with Crippen molar-refractivity contribution in [2.24, 2.45) is 4.99 Å². The van der Waals surface area contributed by atoms with E-state index in [1.807, 2.05) is 30.3 Å². The summed E-state index contributed by atoms with van der Waals surface area (Å²) in [6.45, 7) is 5.59. The summed E-state index contributed by atoms with van der Waals surface area (Å²) >= 11 is 0. The number of nitrogens with one attached hydrogen (secondary N) is 3. The number of benzene rings is 2. The van der Waals surface area contributed by atoms with Crippen molar-refractivity contribution in [2.45, 2.75) is 45.3 Å². The Morgan fingerprint density at radius 3 is 2.68 bits per heavy atom. The fourth-order valence-electron chi connectivity index (χ4n) is 3.58. The highest BCUT2D eigenvalue weighted by molar-refractivity contribution is 5.94. The zero-order valence-corrected chi connectivity index (χ0v) is 18.4. The minimum atomic E-state index is -0.0627. The van der Waals surface area contributed by atoms with Gasteiger partial charge >= 0.3 is 0 Å². The molecule has 1 aliphatic heterocycles. The van der Waals surface area contributed by atoms with Gasteiger partial charge in [0.05, 0.1) is 12.6 Å². The summed E-state index contributed by atoms with van der Waals surface area (Å²) in [5.74, 6) is 0.732. The summed E-state index contributed by atoms with van der Waals surface area (Å²) in [6, 6.07) is 18.2. The van der Waals surface area contributed by atoms with Crippen LogP contribution in [0.3, 0.4) is 0 Å². The SMILES string of the molecule is CCNC(=NCc1cccc(C(=O)NCC2CCCO2)c1)NCCCc1ccccc1. The van der Waals surface area contributed by atoms with Gasteiger partial charge in [0.15, 0.2) is 5.96 Å². The Morgan fingerprint density at radius 1 is 1.06 bits per heavy atom. The molecule has 3 N–H and O–H groups in total. The van der Waals surface area contributed by atoms with E-state index < -0.39 is 0 Å². The van der Waals surface area contributed by atoms with Crippen LogP contribution in [-0.4, -0.2) is 44.2 Å². The lowest BCUT2D eigenvalue weighted by atomic mass is 10.1. The quantitative estimate of drug-likeness (QED) is 0.312. The van der Waals surface area contributed by atoms with Gasteiger partial charge in [-0.05, 0) is 55.9 Å². The standard InChI is InChI=1S/C25H34N4O2/c1-2-26-25(27-15-7-12-20-9-4-3-5-10-20)29-18-21-11-6-13-22(17-21)24(30)28-19-23-14-8-16-31-23/h3-6,9-11,13,17,23H,2,7-8,12,14-16,18-19H2,1H3,(H,28,30)(H2,26,27,29). The Kier molecular flexibility index (Phi) is 9.38. The summed E-state index contributed by atoms with van der Waals surface area (Å²) in [5.41, 5.74) is 3.01. The van der Waals surface area contributed by atoms with Crippen molar-refractivity contribution in [2.75, 3.05) is 26.2 Å². The van der Waals surface area contributed by atoms with Gasteiger partial charge in [0.25, 0.3) is 5.91 Å². The normalized spacial score (nSPS) is 16.2. The van der Waals surface area contributed by atoms with E-state index in [0.29, 0.717) is 18.7 Å². The first-order valence-corrected chi connectivity index (χ1v) is 11.3. The molecule has 0 spiro atoms. The number of aliphatic imine (C=N–C) groups is 1. The maximum atomic E-state index is 12.5. The van der Waals surface area contributed by atoms with Gasteiger partial charge in [-0.15, -0.1) is 0 Å². The molecule has 6 heteroatoms. The third-order valence-corrected chi connectivity index (χ3v) is 5.24. The van der Waals surface area contributed by atoms with Gasteiger partial charge < -0.3 is 20.7 Å². The number of carbonyl (C=O) groups is 1. The average Bonchev–Trinajstić information content (AvgIpc) is 3.33. The summed E-state index contributed by atoms with van der Waals surface area (Å²) < 4.78 is 5.57. The second-order valence-electron chi connectivity index (χ2n) is 7.76. The zero-order chi connectivity index (χ0) is 21.7. The maximum absolute atomic E-state index is 12.5. The van der Waals surface area contributed by atoms with Crippen LogP contribution in [0.4, 0.5) is 0 Å². The molecule has 2 aromatic carbocycles. The molecule has 31 heavy (non-hydrogen) atoms. The summed E-state index contributed by atoms with van der Waals surface area (Å²) in [7, 11) is 0. The molecule has 3 rings (SSSR count). The van der Waals surface area contributed by atoms with E-state index in [0.717, 1.165) is 56.9 Å². The van der Waals surface area contributed by atoms with Crippen molar-refractivity contribution >= 4 is 11.9 Å². The molecule has 0 radical (unpaired) electrons. The van der Waals surface area contributed by atoms with Crippen molar-refractivity contribution in [1.29, 1.82) is 0 Å². The molecule has 1 fully saturated rings. The van der Waals surface area contributed by atoms with Crippen molar-refractivity contribution in [1.82, 2.24) is 16.0 Å². The van der Waals surface area contributed by atoms with Crippen LogP contribution in [0.25, 0.3) is 0 Å². The van der Waals surface area contributed by atoms with Crippen molar-refractivity contribution in [3.8, 4) is 0 Å². The van der Waals surface area contributed by atoms with E-state index in [2.05, 4.69) is 52.1 Å². The smallest absolute Gasteiger partial charge is 0.251 e. The molecule has 1 amide bonds. The van der Waals surface area contributed by atoms with Gasteiger partial charge in [-0.1, -0.05) is 42.5 Å². The predicted molar refractivity (Wildman–Crippen MR) is 125 cm³/mol. The molecule has 6 nitrogen and oxygen atoms in total. The first-order valence-electron chi connectivity index (χ1n) is 11.3. The van der Waals surface area contributed by atoms with Crippen molar-refractivity contribution in [3.05, 3.63) is 71.3 Å². The van der Waals surface area contributed by atoms with Gasteiger partial charge in [-0.3, -0.25) is 4.79 Å². The van der Waals surface area contributed by atoms with Gasteiger partial charge in [-0.25, -0.2) is 4.99 Å². The van der Waals surface area contributed by atoms with Crippen LogP contribution in [0, 0.1) is 0 Å². The molecular formula is C25H34N4O2. The van der Waals surface area contributed by atoms with Crippen LogP contribution in [0.2, 0.25) is 0 Å². The molecule has 166 valence electrons. The molecule has 0 aliphatic carbocycles. The first kappa shape index (κ1) is 22.8. The molecule has 1 saturated heterocycles. The number of nitrogens with zero attached hydrogens (tertiary/aromatic N) is 1. The number of guanidine groups is 1. The van der Waals surface area contributed by atoms with Crippen LogP contribution in [0.15, 0.2) is 59.6 Å². The van der Waals surface area contributed by atoms with Crippen LogP contribution >= 0.6 is 0 Å². The highest BCUT2D eigenvalue weighted by Crippen LogP contribution is 2.11. The molecule has 0 bridgehead atoms. The lowest BCUT2D eigenvalue weighted by Gasteiger charge is -2.12. The Hall–Kier alpha value is -2.86. The lowest BCUT2D eigenvalue weighted by Crippen LogP contribution is -2.37. The van der Waals surface area contributed by atoms with Gasteiger partial charge in [0, 0.05) is 31.8 Å². The van der Waals surface area contributed by atoms with Gasteiger partial charge in [0.1, 0.15) is 0 Å². The molecule has 1 atom stereocenters. The van der Waals surface area contributed by atoms with Crippen molar-refractivity contribution < 1.29 is 9.53 Å². The van der Waals surface area contributed by atoms with Gasteiger partial charge in [0.2, 0.25) is 0 Å². The number of hydrogen-bond acceptors (Lipinski definition) is 3. The van der Waals surface area contributed by atoms with E-state index in [4.69, 9.17) is 4.74 Å². The Morgan fingerprint density at radius 2 is 1.90 bits per heavy atom. The zero-order valence-electron chi connectivity index (χ0n) is 18.4. The Labute approximate surface area is 185 Å². The van der Waals surface area contributed by atoms with E-state index in [1.165, 1.54) is 5.56 Å². The van der Waals surface area contributed by atoms with E-state index in [1.54, 1.807) is 0 Å². The Bertz CT molecular complexity index is 832. The van der Waals surface area contributed by atoms with Crippen LogP contribution < -0.4 is 16.0 Å². The van der Waals surface area contributed by atoms with Crippen LogP contribution in [0.1, 0.15) is 47.7 Å². The minimum Gasteiger partial charge on any atom is -0.376 e. The highest BCUT2D eigenvalue weighted by Gasteiger charge is 2.16. The number of carbonyl (C=O) groups excluding carboxylic acids is 1. The van der Waals surface area contributed by atoms with Crippen molar-refractivity contribution in [3.63, 3.8) is 0 Å². The summed E-state index contributed by atoms with van der Waals surface area (Å²) in [4.78, 5) is 17.1. The minimum absolute atomic E-state index is 0.0627. The van der Waals surface area contributed by atoms with Gasteiger partial charge in [-0.2, -0.15) is 0 Å². The maximum Gasteiger partial charge on any atom is 0.251 e. The molecule has 1 aliphatic rings. The number of ether oxygens (including phenoxy) is 1. The molecular weight excluding hydrogens is 388 g/mol. The monoisotopic (exact) mass is 422 g/mol. The second-order valence-corrected chi connectivity index (χ2v) is 7.76. The van der Waals surface area contributed by atoms with E-state index in [9.17, 15) is 4.79 Å². The molecule has 0 saturated carbocycles. The second kappa shape index (κ2) is 12.7. The highest BCUT2D eigenvalue weighted by atomic mass is 16.5. The topological polar surface area (TPSA) is 74.8 Å². The van der Waals surface area contributed by atoms with Crippen LogP contribution in [-0.2, 0) is 17.7 Å². The van der Waals surface area contributed by atoms with Crippen LogP contribution in [0.5, 0.6) is 0 Å². The Balaban J connectivity index is 1.47. The molecule has 0 aromatic heterocycles. The largest absolute Gasteiger partial charge is 0.376 e. The fourth-order valence-corrected chi connectivity index (χ4v) is 3.58.